The minimum absolute atomic E-state index is 0. The van der Waals surface area contributed by atoms with Crippen molar-refractivity contribution in [3.63, 3.8) is 0 Å². The molecule has 0 aliphatic heterocycles. The summed E-state index contributed by atoms with van der Waals surface area (Å²) in [6, 6.07) is 0.772. The van der Waals surface area contributed by atoms with Crippen LogP contribution in [0, 0.1) is 0 Å². The number of hydrogen-bond acceptors (Lipinski definition) is 4. The molecule has 2 aromatic rings. The van der Waals surface area contributed by atoms with E-state index in [-0.39, 0.29) is 29.4 Å². The topological polar surface area (TPSA) is 67.1 Å². The Morgan fingerprint density at radius 2 is 2.14 bits per heavy atom. The summed E-state index contributed by atoms with van der Waals surface area (Å²) in [5.74, 6) is 0.833. The van der Waals surface area contributed by atoms with Crippen LogP contribution in [0.2, 0.25) is 0 Å². The van der Waals surface area contributed by atoms with E-state index in [1.807, 2.05) is 7.05 Å². The fourth-order valence-corrected chi connectivity index (χ4v) is 4.14. The molecule has 2 aromatic heterocycles. The van der Waals surface area contributed by atoms with E-state index in [1.165, 1.54) is 11.3 Å². The number of nitrogens with zero attached hydrogens (tertiary/aromatic N) is 4. The van der Waals surface area contributed by atoms with E-state index in [0.29, 0.717) is 18.6 Å². The van der Waals surface area contributed by atoms with E-state index in [1.54, 1.807) is 11.3 Å². The molecule has 6 nitrogen and oxygen atoms in total. The second-order valence-electron chi connectivity index (χ2n) is 8.56. The molecule has 0 saturated carbocycles. The van der Waals surface area contributed by atoms with Crippen molar-refractivity contribution in [2.75, 3.05) is 7.05 Å². The first kappa shape index (κ1) is 23.1. The van der Waals surface area contributed by atoms with Gasteiger partial charge in [0.05, 0.1) is 17.9 Å². The number of fused-ring (bicyclic) bond motifs is 1. The third-order valence-corrected chi connectivity index (χ3v) is 5.77. The molecule has 1 aliphatic rings. The average molecular weight is 516 g/mol. The van der Waals surface area contributed by atoms with Crippen LogP contribution in [0.15, 0.2) is 16.6 Å². The summed E-state index contributed by atoms with van der Waals surface area (Å²) in [4.78, 5) is 9.13. The van der Waals surface area contributed by atoms with Gasteiger partial charge >= 0.3 is 0 Å². The van der Waals surface area contributed by atoms with Gasteiger partial charge in [0.25, 0.3) is 0 Å². The number of aryl methyl sites for hydroxylation is 1. The lowest BCUT2D eigenvalue weighted by molar-refractivity contribution is 0.499. The van der Waals surface area contributed by atoms with E-state index in [2.05, 4.69) is 66.5 Å². The zero-order valence-electron chi connectivity index (χ0n) is 17.7. The smallest absolute Gasteiger partial charge is 0.191 e. The monoisotopic (exact) mass is 516 g/mol. The maximum Gasteiger partial charge on any atom is 0.191 e. The van der Waals surface area contributed by atoms with Crippen molar-refractivity contribution in [1.29, 1.82) is 0 Å². The molecule has 0 saturated heterocycles. The second kappa shape index (κ2) is 9.56. The molecule has 1 unspecified atom stereocenters. The van der Waals surface area contributed by atoms with Crippen molar-refractivity contribution >= 4 is 41.3 Å². The summed E-state index contributed by atoms with van der Waals surface area (Å²) < 4.78 is 2.08. The van der Waals surface area contributed by atoms with Gasteiger partial charge in [0.1, 0.15) is 5.01 Å². The van der Waals surface area contributed by atoms with Gasteiger partial charge in [-0.25, -0.2) is 4.98 Å². The molecular formula is C20H33IN6S. The van der Waals surface area contributed by atoms with E-state index in [0.717, 1.165) is 35.9 Å². The third-order valence-electron chi connectivity index (χ3n) is 4.92. The zero-order valence-corrected chi connectivity index (χ0v) is 20.9. The molecule has 0 aromatic carbocycles. The molecule has 0 radical (unpaired) electrons. The van der Waals surface area contributed by atoms with Crippen molar-refractivity contribution in [2.24, 2.45) is 4.99 Å². The van der Waals surface area contributed by atoms with Crippen LogP contribution in [0.5, 0.6) is 0 Å². The molecule has 1 atom stereocenters. The number of aliphatic imine (C=N–C) groups is 1. The first-order chi connectivity index (χ1) is 12.8. The molecule has 1 aliphatic carbocycles. The molecule has 8 heteroatoms. The summed E-state index contributed by atoms with van der Waals surface area (Å²) in [6.07, 6.45) is 5.32. The van der Waals surface area contributed by atoms with Gasteiger partial charge in [0.2, 0.25) is 0 Å². The van der Waals surface area contributed by atoms with E-state index < -0.39 is 0 Å². The normalized spacial score (nSPS) is 17.2. The highest BCUT2D eigenvalue weighted by molar-refractivity contribution is 14.0. The van der Waals surface area contributed by atoms with Crippen LogP contribution in [0.25, 0.3) is 0 Å². The van der Waals surface area contributed by atoms with Crippen molar-refractivity contribution in [1.82, 2.24) is 25.4 Å². The molecule has 2 heterocycles. The molecule has 156 valence electrons. The Kier molecular flexibility index (Phi) is 7.89. The summed E-state index contributed by atoms with van der Waals surface area (Å²) in [5, 5.41) is 15.0. The van der Waals surface area contributed by atoms with Gasteiger partial charge in [0, 0.05) is 42.5 Å². The molecule has 0 fully saturated rings. The fraction of sp³-hybridized carbons (Fsp3) is 0.650. The van der Waals surface area contributed by atoms with Crippen molar-refractivity contribution < 1.29 is 0 Å². The molecule has 3 rings (SSSR count). The first-order valence-corrected chi connectivity index (χ1v) is 10.6. The second-order valence-corrected chi connectivity index (χ2v) is 9.50. The van der Waals surface area contributed by atoms with Crippen LogP contribution in [0.3, 0.4) is 0 Å². The first-order valence-electron chi connectivity index (χ1n) is 9.75. The number of halogens is 1. The standard InChI is InChI=1S/C20H32N6S.HI/c1-13(2)26-11-14-7-8-15(9-16(14)25-26)23-19(21-6)22-10-18-24-17(12-27-18)20(3,4)5;/h11-13,15H,7-10H2,1-6H3,(H2,21,22,23);1H. The van der Waals surface area contributed by atoms with Crippen LogP contribution in [-0.2, 0) is 24.8 Å². The lowest BCUT2D eigenvalue weighted by atomic mass is 9.93. The van der Waals surface area contributed by atoms with Crippen LogP contribution in [-0.4, -0.2) is 33.8 Å². The number of aromatic nitrogens is 3. The summed E-state index contributed by atoms with van der Waals surface area (Å²) in [5.41, 5.74) is 3.85. The van der Waals surface area contributed by atoms with E-state index in [9.17, 15) is 0 Å². The maximum atomic E-state index is 4.76. The SMILES string of the molecule is CN=C(NCc1nc(C(C)(C)C)cs1)NC1CCc2cn(C(C)C)nc2C1.I. The van der Waals surface area contributed by atoms with Gasteiger partial charge in [-0.3, -0.25) is 9.67 Å². The summed E-state index contributed by atoms with van der Waals surface area (Å²) >= 11 is 1.70. The Balaban J connectivity index is 0.00000280. The number of nitrogens with one attached hydrogen (secondary N) is 2. The van der Waals surface area contributed by atoms with Gasteiger partial charge in [-0.2, -0.15) is 5.10 Å². The van der Waals surface area contributed by atoms with Crippen LogP contribution in [0.1, 0.15) is 69.0 Å². The molecule has 0 spiro atoms. The number of rotatable bonds is 4. The number of hydrogen-bond donors (Lipinski definition) is 2. The number of thiazole rings is 1. The highest BCUT2D eigenvalue weighted by atomic mass is 127. The zero-order chi connectivity index (χ0) is 19.6. The minimum atomic E-state index is 0. The number of guanidine groups is 1. The Hall–Kier alpha value is -1.16. The molecular weight excluding hydrogens is 483 g/mol. The van der Waals surface area contributed by atoms with Gasteiger partial charge in [-0.15, -0.1) is 35.3 Å². The highest BCUT2D eigenvalue weighted by Gasteiger charge is 2.23. The average Bonchev–Trinajstić information content (AvgIpc) is 3.24. The van der Waals surface area contributed by atoms with E-state index >= 15 is 0 Å². The van der Waals surface area contributed by atoms with Crippen LogP contribution >= 0.6 is 35.3 Å². The minimum Gasteiger partial charge on any atom is -0.353 e. The molecule has 0 amide bonds. The maximum absolute atomic E-state index is 4.76. The van der Waals surface area contributed by atoms with Gasteiger partial charge in [-0.1, -0.05) is 20.8 Å². The lowest BCUT2D eigenvalue weighted by Crippen LogP contribution is -2.45. The Bertz CT molecular complexity index is 802. The molecule has 2 N–H and O–H groups in total. The lowest BCUT2D eigenvalue weighted by Gasteiger charge is -2.24. The van der Waals surface area contributed by atoms with Gasteiger partial charge in [-0.05, 0) is 32.3 Å². The predicted molar refractivity (Wildman–Crippen MR) is 128 cm³/mol. The summed E-state index contributed by atoms with van der Waals surface area (Å²) in [6.45, 7) is 11.6. The van der Waals surface area contributed by atoms with Gasteiger partial charge < -0.3 is 10.6 Å². The van der Waals surface area contributed by atoms with Crippen molar-refractivity contribution in [3.8, 4) is 0 Å². The molecule has 28 heavy (non-hydrogen) atoms. The van der Waals surface area contributed by atoms with E-state index in [4.69, 9.17) is 10.1 Å². The predicted octanol–water partition coefficient (Wildman–Crippen LogP) is 4.06. The van der Waals surface area contributed by atoms with Crippen LogP contribution in [0.4, 0.5) is 0 Å². The Morgan fingerprint density at radius 1 is 1.39 bits per heavy atom. The quantitative estimate of drug-likeness (QED) is 0.366. The third kappa shape index (κ3) is 5.68. The van der Waals surface area contributed by atoms with Crippen molar-refractivity contribution in [2.45, 2.75) is 77.9 Å². The van der Waals surface area contributed by atoms with Crippen molar-refractivity contribution in [3.05, 3.63) is 33.5 Å². The molecule has 0 bridgehead atoms. The largest absolute Gasteiger partial charge is 0.353 e. The highest BCUT2D eigenvalue weighted by Crippen LogP contribution is 2.24. The van der Waals surface area contributed by atoms with Crippen LogP contribution < -0.4 is 10.6 Å². The fourth-order valence-electron chi connectivity index (χ4n) is 3.18. The Labute approximate surface area is 189 Å². The summed E-state index contributed by atoms with van der Waals surface area (Å²) in [7, 11) is 1.82. The Morgan fingerprint density at radius 3 is 2.75 bits per heavy atom. The van der Waals surface area contributed by atoms with Gasteiger partial charge in [0.15, 0.2) is 5.96 Å².